The van der Waals surface area contributed by atoms with Crippen LogP contribution < -0.4 is 20.1 Å². The van der Waals surface area contributed by atoms with Crippen molar-refractivity contribution >= 4 is 21.9 Å². The Labute approximate surface area is 169 Å². The number of aliphatic imine (C=N–C) groups is 1. The molecule has 7 nitrogen and oxygen atoms in total. The second-order valence-electron chi connectivity index (χ2n) is 7.08. The van der Waals surface area contributed by atoms with Crippen molar-refractivity contribution in [1.29, 1.82) is 0 Å². The van der Waals surface area contributed by atoms with Crippen LogP contribution in [0.2, 0.25) is 0 Å². The fourth-order valence-corrected chi connectivity index (χ4v) is 4.03. The zero-order valence-electron chi connectivity index (χ0n) is 16.3. The highest BCUT2D eigenvalue weighted by Gasteiger charge is 2.24. The Balaban J connectivity index is 1.54. The lowest BCUT2D eigenvalue weighted by atomic mass is 10.0. The molecule has 1 aromatic carbocycles. The van der Waals surface area contributed by atoms with Gasteiger partial charge in [0, 0.05) is 39.3 Å². The number of nitrogens with zero attached hydrogens (tertiary/aromatic N) is 2. The van der Waals surface area contributed by atoms with Crippen molar-refractivity contribution in [3.8, 4) is 11.5 Å². The van der Waals surface area contributed by atoms with Crippen LogP contribution in [-0.4, -0.2) is 63.6 Å². The highest BCUT2D eigenvalue weighted by atomic mass is 79.9. The van der Waals surface area contributed by atoms with E-state index in [1.807, 2.05) is 12.1 Å². The van der Waals surface area contributed by atoms with Crippen molar-refractivity contribution in [3.05, 3.63) is 22.2 Å². The minimum Gasteiger partial charge on any atom is -0.454 e. The van der Waals surface area contributed by atoms with Gasteiger partial charge in [-0.15, -0.1) is 0 Å². The lowest BCUT2D eigenvalue weighted by Gasteiger charge is -2.37. The fraction of sp³-hybridized carbons (Fsp3) is 0.632. The minimum atomic E-state index is 0.270. The summed E-state index contributed by atoms with van der Waals surface area (Å²) in [5.74, 6) is 2.89. The van der Waals surface area contributed by atoms with Gasteiger partial charge in [-0.1, -0.05) is 13.8 Å². The van der Waals surface area contributed by atoms with Crippen molar-refractivity contribution in [3.63, 3.8) is 0 Å². The van der Waals surface area contributed by atoms with Crippen molar-refractivity contribution < 1.29 is 14.2 Å². The second-order valence-corrected chi connectivity index (χ2v) is 7.93. The van der Waals surface area contributed by atoms with Gasteiger partial charge in [0.15, 0.2) is 17.5 Å². The number of morpholine rings is 1. The van der Waals surface area contributed by atoms with Crippen LogP contribution in [0, 0.1) is 5.92 Å². The molecule has 2 aliphatic rings. The highest BCUT2D eigenvalue weighted by Crippen LogP contribution is 2.39. The molecule has 0 amide bonds. The van der Waals surface area contributed by atoms with Crippen LogP contribution in [0.4, 0.5) is 0 Å². The van der Waals surface area contributed by atoms with Crippen molar-refractivity contribution in [2.24, 2.45) is 10.9 Å². The van der Waals surface area contributed by atoms with Crippen LogP contribution in [0.15, 0.2) is 21.6 Å². The van der Waals surface area contributed by atoms with E-state index in [0.717, 1.165) is 60.3 Å². The summed E-state index contributed by atoms with van der Waals surface area (Å²) in [5, 5.41) is 6.85. The van der Waals surface area contributed by atoms with Crippen molar-refractivity contribution in [2.75, 3.05) is 46.7 Å². The van der Waals surface area contributed by atoms with Gasteiger partial charge in [0.05, 0.1) is 17.7 Å². The number of fused-ring (bicyclic) bond motifs is 1. The quantitative estimate of drug-likeness (QED) is 0.521. The Bertz CT molecular complexity index is 663. The largest absolute Gasteiger partial charge is 0.454 e. The molecule has 0 spiro atoms. The number of guanidine groups is 1. The number of hydrogen-bond acceptors (Lipinski definition) is 5. The SMILES string of the molecule is CN=C(NCc1cc(Br)c2c(c1)OCO2)NCC(C(C)C)N1CCOCC1. The Morgan fingerprint density at radius 3 is 2.70 bits per heavy atom. The van der Waals surface area contributed by atoms with Gasteiger partial charge in [-0.2, -0.15) is 0 Å². The summed E-state index contributed by atoms with van der Waals surface area (Å²) < 4.78 is 17.3. The van der Waals surface area contributed by atoms with E-state index in [9.17, 15) is 0 Å². The van der Waals surface area contributed by atoms with Crippen LogP contribution in [-0.2, 0) is 11.3 Å². The third-order valence-electron chi connectivity index (χ3n) is 4.93. The monoisotopic (exact) mass is 440 g/mol. The Morgan fingerprint density at radius 2 is 2.00 bits per heavy atom. The number of rotatable bonds is 6. The van der Waals surface area contributed by atoms with Gasteiger partial charge in [-0.05, 0) is 39.5 Å². The molecule has 3 rings (SSSR count). The summed E-state index contributed by atoms with van der Waals surface area (Å²) >= 11 is 3.54. The molecule has 27 heavy (non-hydrogen) atoms. The number of ether oxygens (including phenoxy) is 3. The van der Waals surface area contributed by atoms with Gasteiger partial charge in [-0.25, -0.2) is 0 Å². The first-order valence-electron chi connectivity index (χ1n) is 9.43. The average molecular weight is 441 g/mol. The van der Waals surface area contributed by atoms with Gasteiger partial charge >= 0.3 is 0 Å². The molecule has 1 aromatic rings. The van der Waals surface area contributed by atoms with Crippen molar-refractivity contribution in [1.82, 2.24) is 15.5 Å². The van der Waals surface area contributed by atoms with Gasteiger partial charge in [-0.3, -0.25) is 9.89 Å². The molecule has 0 bridgehead atoms. The predicted molar refractivity (Wildman–Crippen MR) is 109 cm³/mol. The van der Waals surface area contributed by atoms with Crippen LogP contribution >= 0.6 is 15.9 Å². The van der Waals surface area contributed by atoms with Gasteiger partial charge < -0.3 is 24.8 Å². The Morgan fingerprint density at radius 1 is 1.22 bits per heavy atom. The third kappa shape index (κ3) is 5.27. The molecule has 0 aromatic heterocycles. The molecule has 1 unspecified atom stereocenters. The van der Waals surface area contributed by atoms with Crippen molar-refractivity contribution in [2.45, 2.75) is 26.4 Å². The molecule has 1 atom stereocenters. The van der Waals surface area contributed by atoms with E-state index >= 15 is 0 Å². The molecule has 0 aliphatic carbocycles. The van der Waals surface area contributed by atoms with E-state index in [1.165, 1.54) is 0 Å². The van der Waals surface area contributed by atoms with E-state index < -0.39 is 0 Å². The molecule has 0 saturated carbocycles. The first-order chi connectivity index (χ1) is 13.1. The van der Waals surface area contributed by atoms with E-state index in [1.54, 1.807) is 7.05 Å². The topological polar surface area (TPSA) is 67.4 Å². The molecule has 150 valence electrons. The molecule has 2 aliphatic heterocycles. The van der Waals surface area contributed by atoms with Crippen LogP contribution in [0.1, 0.15) is 19.4 Å². The summed E-state index contributed by atoms with van der Waals surface area (Å²) in [4.78, 5) is 6.86. The number of nitrogens with one attached hydrogen (secondary N) is 2. The van der Waals surface area contributed by atoms with E-state index in [0.29, 0.717) is 18.5 Å². The maximum Gasteiger partial charge on any atom is 0.231 e. The van der Waals surface area contributed by atoms with Gasteiger partial charge in [0.1, 0.15) is 0 Å². The minimum absolute atomic E-state index is 0.270. The number of halogens is 1. The van der Waals surface area contributed by atoms with Crippen LogP contribution in [0.5, 0.6) is 11.5 Å². The standard InChI is InChI=1S/C19H29BrN4O3/c1-13(2)16(24-4-6-25-7-5-24)11-23-19(21-3)22-10-14-8-15(20)18-17(9-14)26-12-27-18/h8-9,13,16H,4-7,10-12H2,1-3H3,(H2,21,22,23). The first-order valence-corrected chi connectivity index (χ1v) is 10.2. The summed E-state index contributed by atoms with van der Waals surface area (Å²) in [6.07, 6.45) is 0. The Kier molecular flexibility index (Phi) is 7.20. The number of hydrogen-bond donors (Lipinski definition) is 2. The summed E-state index contributed by atoms with van der Waals surface area (Å²) in [6, 6.07) is 4.49. The molecule has 1 fully saturated rings. The molecule has 1 saturated heterocycles. The molecular formula is C19H29BrN4O3. The van der Waals surface area contributed by atoms with E-state index in [2.05, 4.69) is 50.3 Å². The highest BCUT2D eigenvalue weighted by molar-refractivity contribution is 9.10. The van der Waals surface area contributed by atoms with E-state index in [-0.39, 0.29) is 6.79 Å². The zero-order chi connectivity index (χ0) is 19.2. The molecule has 0 radical (unpaired) electrons. The lowest BCUT2D eigenvalue weighted by Crippen LogP contribution is -2.52. The number of benzene rings is 1. The third-order valence-corrected chi connectivity index (χ3v) is 5.52. The fourth-order valence-electron chi connectivity index (χ4n) is 3.43. The molecule has 2 heterocycles. The Hall–Kier alpha value is -1.51. The molecule has 2 N–H and O–H groups in total. The molecular weight excluding hydrogens is 412 g/mol. The maximum absolute atomic E-state index is 5.48. The van der Waals surface area contributed by atoms with Gasteiger partial charge in [0.2, 0.25) is 6.79 Å². The van der Waals surface area contributed by atoms with Crippen LogP contribution in [0.3, 0.4) is 0 Å². The zero-order valence-corrected chi connectivity index (χ0v) is 17.8. The summed E-state index contributed by atoms with van der Waals surface area (Å²) in [5.41, 5.74) is 1.10. The predicted octanol–water partition coefficient (Wildman–Crippen LogP) is 2.20. The van der Waals surface area contributed by atoms with Gasteiger partial charge in [0.25, 0.3) is 0 Å². The smallest absolute Gasteiger partial charge is 0.231 e. The first kappa shape index (κ1) is 20.2. The normalized spacial score (nSPS) is 18.6. The maximum atomic E-state index is 5.48. The van der Waals surface area contributed by atoms with E-state index in [4.69, 9.17) is 14.2 Å². The summed E-state index contributed by atoms with van der Waals surface area (Å²) in [7, 11) is 1.80. The van der Waals surface area contributed by atoms with Crippen LogP contribution in [0.25, 0.3) is 0 Å². The second kappa shape index (κ2) is 9.61. The lowest BCUT2D eigenvalue weighted by molar-refractivity contribution is 0.00752. The average Bonchev–Trinajstić information content (AvgIpc) is 3.14. The molecule has 8 heteroatoms. The summed E-state index contributed by atoms with van der Waals surface area (Å²) in [6.45, 7) is 9.91.